The van der Waals surface area contributed by atoms with Gasteiger partial charge in [0.2, 0.25) is 5.91 Å². The van der Waals surface area contributed by atoms with Crippen LogP contribution in [0.2, 0.25) is 0 Å². The van der Waals surface area contributed by atoms with Crippen LogP contribution in [0, 0.1) is 34.6 Å². The summed E-state index contributed by atoms with van der Waals surface area (Å²) in [6, 6.07) is 7.10. The number of likely N-dealkylation sites (tertiary alicyclic amines) is 2. The predicted octanol–water partition coefficient (Wildman–Crippen LogP) is 5.37. The molecule has 2 fully saturated rings. The van der Waals surface area contributed by atoms with Crippen LogP contribution in [-0.2, 0) is 11.2 Å². The molecule has 3 aromatic rings. The largest absolute Gasteiger partial charge is 0.343 e. The van der Waals surface area contributed by atoms with Gasteiger partial charge in [0.05, 0.1) is 11.4 Å². The second-order valence-electron chi connectivity index (χ2n) is 11.0. The van der Waals surface area contributed by atoms with E-state index in [1.54, 1.807) is 0 Å². The number of nitrogens with zero attached hydrogens (tertiary/aromatic N) is 5. The molecule has 0 bridgehead atoms. The van der Waals surface area contributed by atoms with Gasteiger partial charge in [-0.1, -0.05) is 12.5 Å². The monoisotopic (exact) mass is 487 g/mol. The SMILES string of the molecule is Cc1ccc(-n2nc(C)c3c(C)c(CCC(=O)N4CCC(N5CCCCC5)CC4)c(C)nc32)cc1C. The summed E-state index contributed by atoms with van der Waals surface area (Å²) in [4.78, 5) is 22.9. The van der Waals surface area contributed by atoms with E-state index in [2.05, 4.69) is 62.6 Å². The maximum Gasteiger partial charge on any atom is 0.222 e. The van der Waals surface area contributed by atoms with Crippen LogP contribution in [0.25, 0.3) is 16.7 Å². The molecule has 0 spiro atoms. The molecule has 4 heterocycles. The summed E-state index contributed by atoms with van der Waals surface area (Å²) in [6.45, 7) is 14.8. The van der Waals surface area contributed by atoms with Gasteiger partial charge in [0.25, 0.3) is 0 Å². The zero-order valence-corrected chi connectivity index (χ0v) is 22.7. The molecule has 2 aliphatic heterocycles. The number of hydrogen-bond donors (Lipinski definition) is 0. The molecule has 0 radical (unpaired) electrons. The van der Waals surface area contributed by atoms with Crippen molar-refractivity contribution in [1.82, 2.24) is 24.6 Å². The van der Waals surface area contributed by atoms with E-state index in [-0.39, 0.29) is 5.91 Å². The van der Waals surface area contributed by atoms with Gasteiger partial charge in [0.1, 0.15) is 0 Å². The summed E-state index contributed by atoms with van der Waals surface area (Å²) in [5, 5.41) is 5.98. The van der Waals surface area contributed by atoms with Gasteiger partial charge in [-0.15, -0.1) is 0 Å². The van der Waals surface area contributed by atoms with E-state index < -0.39 is 0 Å². The Kier molecular flexibility index (Phi) is 7.16. The number of rotatable bonds is 5. The lowest BCUT2D eigenvalue weighted by Gasteiger charge is -2.40. The van der Waals surface area contributed by atoms with Crippen LogP contribution in [0.1, 0.15) is 72.2 Å². The van der Waals surface area contributed by atoms with E-state index in [1.807, 2.05) is 4.68 Å². The van der Waals surface area contributed by atoms with Gasteiger partial charge in [-0.2, -0.15) is 5.10 Å². The highest BCUT2D eigenvalue weighted by atomic mass is 16.2. The van der Waals surface area contributed by atoms with Crippen molar-refractivity contribution < 1.29 is 4.79 Å². The Morgan fingerprint density at radius 1 is 0.917 bits per heavy atom. The number of carbonyl (C=O) groups excluding carboxylic acids is 1. The van der Waals surface area contributed by atoms with Crippen LogP contribution < -0.4 is 0 Å². The summed E-state index contributed by atoms with van der Waals surface area (Å²) in [7, 11) is 0. The first-order valence-corrected chi connectivity index (χ1v) is 13.8. The quantitative estimate of drug-likeness (QED) is 0.485. The molecule has 0 atom stereocenters. The number of aryl methyl sites for hydroxylation is 5. The lowest BCUT2D eigenvalue weighted by molar-refractivity contribution is -0.132. The molecule has 2 aromatic heterocycles. The van der Waals surface area contributed by atoms with E-state index in [9.17, 15) is 4.79 Å². The molecule has 1 aromatic carbocycles. The molecule has 0 unspecified atom stereocenters. The van der Waals surface area contributed by atoms with E-state index in [0.29, 0.717) is 12.5 Å². The molecule has 0 saturated carbocycles. The fraction of sp³-hybridized carbons (Fsp3) is 0.567. The first-order valence-electron chi connectivity index (χ1n) is 13.8. The Balaban J connectivity index is 1.29. The van der Waals surface area contributed by atoms with Crippen molar-refractivity contribution in [2.75, 3.05) is 26.2 Å². The number of amides is 1. The number of piperidine rings is 2. The average molecular weight is 488 g/mol. The van der Waals surface area contributed by atoms with Crippen molar-refractivity contribution in [1.29, 1.82) is 0 Å². The van der Waals surface area contributed by atoms with Gasteiger partial charge in [0, 0.05) is 36.6 Å². The molecule has 2 aliphatic rings. The summed E-state index contributed by atoms with van der Waals surface area (Å²) in [5.74, 6) is 0.286. The highest BCUT2D eigenvalue weighted by Crippen LogP contribution is 2.29. The zero-order chi connectivity index (χ0) is 25.4. The smallest absolute Gasteiger partial charge is 0.222 e. The van der Waals surface area contributed by atoms with E-state index in [1.165, 1.54) is 54.6 Å². The third kappa shape index (κ3) is 4.80. The van der Waals surface area contributed by atoms with Crippen LogP contribution in [0.4, 0.5) is 0 Å². The second kappa shape index (κ2) is 10.3. The number of pyridine rings is 1. The average Bonchev–Trinajstić information content (AvgIpc) is 3.22. The van der Waals surface area contributed by atoms with Gasteiger partial charge in [-0.05, 0) is 114 Å². The molecule has 6 heteroatoms. The standard InChI is InChI=1S/C30H41N5O/c1-20-9-10-26(19-21(20)2)35-30-29(24(5)32-35)22(3)27(23(4)31-30)11-12-28(36)34-17-13-25(14-18-34)33-15-7-6-8-16-33/h9-10,19,25H,6-8,11-18H2,1-5H3. The summed E-state index contributed by atoms with van der Waals surface area (Å²) in [6.07, 6.45) is 7.56. The minimum Gasteiger partial charge on any atom is -0.343 e. The first-order chi connectivity index (χ1) is 17.3. The van der Waals surface area contributed by atoms with Crippen molar-refractivity contribution in [2.45, 2.75) is 85.6 Å². The van der Waals surface area contributed by atoms with Gasteiger partial charge in [-0.25, -0.2) is 9.67 Å². The molecule has 36 heavy (non-hydrogen) atoms. The van der Waals surface area contributed by atoms with Crippen LogP contribution in [0.15, 0.2) is 18.2 Å². The van der Waals surface area contributed by atoms with Crippen LogP contribution in [0.5, 0.6) is 0 Å². The Labute approximate surface area is 215 Å². The van der Waals surface area contributed by atoms with E-state index in [0.717, 1.165) is 60.5 Å². The number of aromatic nitrogens is 3. The lowest BCUT2D eigenvalue weighted by atomic mass is 9.97. The van der Waals surface area contributed by atoms with Crippen molar-refractivity contribution in [3.8, 4) is 5.69 Å². The van der Waals surface area contributed by atoms with Gasteiger partial charge >= 0.3 is 0 Å². The van der Waals surface area contributed by atoms with Crippen LogP contribution in [-0.4, -0.2) is 62.7 Å². The van der Waals surface area contributed by atoms with Crippen molar-refractivity contribution in [3.05, 3.63) is 51.8 Å². The van der Waals surface area contributed by atoms with Gasteiger partial charge in [0.15, 0.2) is 5.65 Å². The van der Waals surface area contributed by atoms with Crippen molar-refractivity contribution in [3.63, 3.8) is 0 Å². The first kappa shape index (κ1) is 24.9. The highest BCUT2D eigenvalue weighted by Gasteiger charge is 2.28. The maximum absolute atomic E-state index is 13.1. The fourth-order valence-electron chi connectivity index (χ4n) is 6.27. The second-order valence-corrected chi connectivity index (χ2v) is 11.0. The predicted molar refractivity (Wildman–Crippen MR) is 146 cm³/mol. The Bertz CT molecular complexity index is 1260. The van der Waals surface area contributed by atoms with Gasteiger partial charge in [-0.3, -0.25) is 4.79 Å². The van der Waals surface area contributed by atoms with Gasteiger partial charge < -0.3 is 9.80 Å². The lowest BCUT2D eigenvalue weighted by Crippen LogP contribution is -2.48. The van der Waals surface area contributed by atoms with Crippen LogP contribution in [0.3, 0.4) is 0 Å². The van der Waals surface area contributed by atoms with Crippen LogP contribution >= 0.6 is 0 Å². The van der Waals surface area contributed by atoms with Crippen molar-refractivity contribution >= 4 is 16.9 Å². The molecule has 0 aliphatic carbocycles. The van der Waals surface area contributed by atoms with Crippen molar-refractivity contribution in [2.24, 2.45) is 0 Å². The minimum atomic E-state index is 0.286. The van der Waals surface area contributed by atoms with E-state index >= 15 is 0 Å². The molecule has 1 amide bonds. The molecule has 6 nitrogen and oxygen atoms in total. The summed E-state index contributed by atoms with van der Waals surface area (Å²) in [5.41, 5.74) is 8.86. The number of benzene rings is 1. The van der Waals surface area contributed by atoms with E-state index in [4.69, 9.17) is 10.1 Å². The third-order valence-electron chi connectivity index (χ3n) is 8.62. The Morgan fingerprint density at radius 3 is 2.33 bits per heavy atom. The zero-order valence-electron chi connectivity index (χ0n) is 22.7. The summed E-state index contributed by atoms with van der Waals surface area (Å²) < 4.78 is 1.97. The molecule has 0 N–H and O–H groups in total. The maximum atomic E-state index is 13.1. The molecule has 2 saturated heterocycles. The number of hydrogen-bond acceptors (Lipinski definition) is 4. The summed E-state index contributed by atoms with van der Waals surface area (Å²) >= 11 is 0. The normalized spacial score (nSPS) is 17.8. The number of carbonyl (C=O) groups is 1. The molecular weight excluding hydrogens is 446 g/mol. The molecule has 5 rings (SSSR count). The Hall–Kier alpha value is -2.73. The fourth-order valence-corrected chi connectivity index (χ4v) is 6.27. The topological polar surface area (TPSA) is 54.3 Å². The minimum absolute atomic E-state index is 0.286. The number of fused-ring (bicyclic) bond motifs is 1. The molecule has 192 valence electrons. The third-order valence-corrected chi connectivity index (χ3v) is 8.62. The highest BCUT2D eigenvalue weighted by molar-refractivity contribution is 5.85. The molecular formula is C30H41N5O. The Morgan fingerprint density at radius 2 is 1.64 bits per heavy atom.